The summed E-state index contributed by atoms with van der Waals surface area (Å²) >= 11 is 0. The number of amides is 2. The number of carbonyl (C=O) groups excluding carboxylic acids is 3. The van der Waals surface area contributed by atoms with Gasteiger partial charge in [-0.05, 0) is 40.0 Å². The van der Waals surface area contributed by atoms with Gasteiger partial charge in [0, 0.05) is 33.9 Å². The van der Waals surface area contributed by atoms with Crippen molar-refractivity contribution < 1.29 is 41.9 Å². The van der Waals surface area contributed by atoms with Crippen LogP contribution in [-0.2, 0) is 32.3 Å². The van der Waals surface area contributed by atoms with Crippen LogP contribution in [-0.4, -0.2) is 81.2 Å². The van der Waals surface area contributed by atoms with Crippen molar-refractivity contribution >= 4 is 27.0 Å². The highest BCUT2D eigenvalue weighted by molar-refractivity contribution is 6.60. The molecule has 0 radical (unpaired) electrons. The van der Waals surface area contributed by atoms with Crippen LogP contribution in [0, 0.1) is 5.41 Å². The van der Waals surface area contributed by atoms with Gasteiger partial charge in [0.25, 0.3) is 0 Å². The molecule has 2 amide bonds. The van der Waals surface area contributed by atoms with Crippen LogP contribution in [0.5, 0.6) is 0 Å². The normalized spacial score (nSPS) is 11.6. The number of ether oxygens (including phenoxy) is 3. The van der Waals surface area contributed by atoms with Gasteiger partial charge in [-0.2, -0.15) is 0 Å². The summed E-state index contributed by atoms with van der Waals surface area (Å²) in [5.74, 6) is -0.295. The van der Waals surface area contributed by atoms with Gasteiger partial charge < -0.3 is 38.1 Å². The third-order valence-electron chi connectivity index (χ3n) is 5.83. The Labute approximate surface area is 230 Å². The molecule has 224 valence electrons. The first-order chi connectivity index (χ1) is 18.1. The summed E-state index contributed by atoms with van der Waals surface area (Å²) in [6, 6.07) is 0.626. The molecule has 0 fully saturated rings. The standard InChI is InChI=1S/C26H52N2O9Si/c1-26(2,3)23(29)35-21-18-28-25(31)37-20-15-13-11-9-7-8-10-12-14-19-36-24(30)27-17-16-22-38(32-4,33-5)34-6/h7-22H2,1-6H3,(H,27,30)(H,28,31). The molecule has 0 aromatic carbocycles. The zero-order chi connectivity index (χ0) is 28.7. The first kappa shape index (κ1) is 36.1. The van der Waals surface area contributed by atoms with Crippen LogP contribution >= 0.6 is 0 Å². The van der Waals surface area contributed by atoms with Gasteiger partial charge >= 0.3 is 27.0 Å². The minimum Gasteiger partial charge on any atom is -0.463 e. The van der Waals surface area contributed by atoms with E-state index in [1.807, 2.05) is 0 Å². The zero-order valence-corrected chi connectivity index (χ0v) is 25.5. The van der Waals surface area contributed by atoms with Gasteiger partial charge in [-0.25, -0.2) is 9.59 Å². The van der Waals surface area contributed by atoms with Crippen molar-refractivity contribution in [3.8, 4) is 0 Å². The maximum Gasteiger partial charge on any atom is 0.500 e. The van der Waals surface area contributed by atoms with E-state index in [2.05, 4.69) is 10.6 Å². The van der Waals surface area contributed by atoms with Crippen LogP contribution in [0.15, 0.2) is 0 Å². The molecule has 0 spiro atoms. The molecular weight excluding hydrogens is 512 g/mol. The Morgan fingerprint density at radius 3 is 1.42 bits per heavy atom. The van der Waals surface area contributed by atoms with Crippen molar-refractivity contribution in [1.29, 1.82) is 0 Å². The lowest BCUT2D eigenvalue weighted by Gasteiger charge is -2.24. The number of hydrogen-bond acceptors (Lipinski definition) is 9. The molecule has 0 aromatic heterocycles. The molecule has 0 atom stereocenters. The molecule has 11 nitrogen and oxygen atoms in total. The highest BCUT2D eigenvalue weighted by atomic mass is 28.4. The Kier molecular flexibility index (Phi) is 20.9. The van der Waals surface area contributed by atoms with Crippen molar-refractivity contribution in [2.24, 2.45) is 5.41 Å². The zero-order valence-electron chi connectivity index (χ0n) is 24.5. The predicted octanol–water partition coefficient (Wildman–Crippen LogP) is 4.81. The average molecular weight is 565 g/mol. The quantitative estimate of drug-likeness (QED) is 0.0823. The first-order valence-corrected chi connectivity index (χ1v) is 15.7. The fourth-order valence-corrected chi connectivity index (χ4v) is 5.16. The van der Waals surface area contributed by atoms with Gasteiger partial charge in [0.2, 0.25) is 0 Å². The molecular formula is C26H52N2O9Si. The van der Waals surface area contributed by atoms with Gasteiger partial charge in [0.15, 0.2) is 0 Å². The molecule has 0 heterocycles. The van der Waals surface area contributed by atoms with Crippen LogP contribution in [0.2, 0.25) is 6.04 Å². The highest BCUT2D eigenvalue weighted by Gasteiger charge is 2.36. The Morgan fingerprint density at radius 2 is 1.00 bits per heavy atom. The van der Waals surface area contributed by atoms with Crippen LogP contribution in [0.1, 0.15) is 85.0 Å². The summed E-state index contributed by atoms with van der Waals surface area (Å²) in [5, 5.41) is 5.32. The van der Waals surface area contributed by atoms with Crippen molar-refractivity contribution in [3.05, 3.63) is 0 Å². The van der Waals surface area contributed by atoms with E-state index in [0.717, 1.165) is 51.4 Å². The van der Waals surface area contributed by atoms with E-state index in [-0.39, 0.29) is 19.1 Å². The van der Waals surface area contributed by atoms with Crippen molar-refractivity contribution in [1.82, 2.24) is 10.6 Å². The molecule has 2 N–H and O–H groups in total. The summed E-state index contributed by atoms with van der Waals surface area (Å²) in [7, 11) is 2.13. The SMILES string of the molecule is CO[Si](CCCNC(=O)OCCCCCCCCCCCOC(=O)NCCOC(=O)C(C)(C)C)(OC)OC. The maximum atomic E-state index is 11.7. The van der Waals surface area contributed by atoms with E-state index in [1.165, 1.54) is 6.42 Å². The van der Waals surface area contributed by atoms with Crippen LogP contribution in [0.25, 0.3) is 0 Å². The van der Waals surface area contributed by atoms with Crippen molar-refractivity contribution in [2.45, 2.75) is 91.0 Å². The predicted molar refractivity (Wildman–Crippen MR) is 147 cm³/mol. The van der Waals surface area contributed by atoms with Crippen molar-refractivity contribution in [3.63, 3.8) is 0 Å². The van der Waals surface area contributed by atoms with Crippen LogP contribution < -0.4 is 10.6 Å². The number of hydrogen-bond donors (Lipinski definition) is 2. The second-order valence-corrected chi connectivity index (χ2v) is 13.2. The van der Waals surface area contributed by atoms with E-state index in [1.54, 1.807) is 42.1 Å². The van der Waals surface area contributed by atoms with Crippen LogP contribution in [0.4, 0.5) is 9.59 Å². The average Bonchev–Trinajstić information content (AvgIpc) is 2.89. The third kappa shape index (κ3) is 19.2. The number of rotatable bonds is 22. The minimum absolute atomic E-state index is 0.135. The minimum atomic E-state index is -2.59. The van der Waals surface area contributed by atoms with Gasteiger partial charge in [-0.1, -0.05) is 44.9 Å². The fraction of sp³-hybridized carbons (Fsp3) is 0.885. The maximum absolute atomic E-state index is 11.7. The van der Waals surface area contributed by atoms with Gasteiger partial charge in [0.05, 0.1) is 25.2 Å². The summed E-state index contributed by atoms with van der Waals surface area (Å²) < 4.78 is 31.5. The van der Waals surface area contributed by atoms with E-state index in [9.17, 15) is 14.4 Å². The van der Waals surface area contributed by atoms with Gasteiger partial charge in [-0.3, -0.25) is 4.79 Å². The lowest BCUT2D eigenvalue weighted by Crippen LogP contribution is -2.43. The molecule has 0 aliphatic rings. The summed E-state index contributed by atoms with van der Waals surface area (Å²) in [5.41, 5.74) is -0.550. The van der Waals surface area contributed by atoms with Crippen molar-refractivity contribution in [2.75, 3.05) is 54.2 Å². The molecule has 38 heavy (non-hydrogen) atoms. The molecule has 0 unspecified atom stereocenters. The number of unbranched alkanes of at least 4 members (excludes halogenated alkanes) is 8. The molecule has 0 aliphatic carbocycles. The topological polar surface area (TPSA) is 131 Å². The molecule has 0 aromatic rings. The molecule has 0 aliphatic heterocycles. The molecule has 0 rings (SSSR count). The summed E-state index contributed by atoms with van der Waals surface area (Å²) in [6.45, 7) is 7.01. The highest BCUT2D eigenvalue weighted by Crippen LogP contribution is 2.15. The second kappa shape index (κ2) is 22.0. The van der Waals surface area contributed by atoms with E-state index >= 15 is 0 Å². The number of nitrogens with one attached hydrogen (secondary N) is 2. The Balaban J connectivity index is 3.44. The summed E-state index contributed by atoms with van der Waals surface area (Å²) in [4.78, 5) is 35.0. The summed E-state index contributed by atoms with van der Waals surface area (Å²) in [6.07, 6.45) is 9.28. The second-order valence-electron chi connectivity index (χ2n) is 10.1. The molecule has 12 heteroatoms. The van der Waals surface area contributed by atoms with Crippen LogP contribution in [0.3, 0.4) is 0 Å². The lowest BCUT2D eigenvalue weighted by atomic mass is 9.97. The molecule has 0 saturated heterocycles. The first-order valence-electron chi connectivity index (χ1n) is 13.7. The fourth-order valence-electron chi connectivity index (χ4n) is 3.44. The van der Waals surface area contributed by atoms with E-state index < -0.39 is 26.4 Å². The Morgan fingerprint density at radius 1 is 0.579 bits per heavy atom. The third-order valence-corrected chi connectivity index (χ3v) is 8.67. The monoisotopic (exact) mass is 564 g/mol. The Bertz CT molecular complexity index is 632. The smallest absolute Gasteiger partial charge is 0.463 e. The van der Waals surface area contributed by atoms with Gasteiger partial charge in [0.1, 0.15) is 6.61 Å². The lowest BCUT2D eigenvalue weighted by molar-refractivity contribution is -0.152. The molecule has 0 saturated carbocycles. The largest absolute Gasteiger partial charge is 0.500 e. The Hall–Kier alpha value is -1.89. The van der Waals surface area contributed by atoms with E-state index in [0.29, 0.717) is 32.2 Å². The number of alkyl carbamates (subject to hydrolysis) is 2. The van der Waals surface area contributed by atoms with E-state index in [4.69, 9.17) is 27.5 Å². The number of carbonyl (C=O) groups is 3. The molecule has 0 bridgehead atoms. The number of esters is 1. The van der Waals surface area contributed by atoms with Gasteiger partial charge in [-0.15, -0.1) is 0 Å².